The molecule has 2 aliphatic rings. The van der Waals surface area contributed by atoms with Crippen molar-refractivity contribution in [2.75, 3.05) is 57.3 Å². The first-order valence-electron chi connectivity index (χ1n) is 10.6. The van der Waals surface area contributed by atoms with Gasteiger partial charge in [-0.05, 0) is 76.4 Å². The molecule has 1 aromatic rings. The average Bonchev–Trinajstić information content (AvgIpc) is 2.67. The Morgan fingerprint density at radius 1 is 1.00 bits per heavy atom. The van der Waals surface area contributed by atoms with E-state index in [1.807, 2.05) is 0 Å². The number of anilines is 1. The molecule has 31 heavy (non-hydrogen) atoms. The van der Waals surface area contributed by atoms with Crippen molar-refractivity contribution in [1.82, 2.24) is 9.80 Å². The molecule has 2 fully saturated rings. The lowest BCUT2D eigenvalue weighted by Crippen LogP contribution is -2.47. The number of hydrogen-bond acceptors (Lipinski definition) is 4. The Hall–Kier alpha value is -1.02. The quantitative estimate of drug-likeness (QED) is 0.587. The number of likely N-dealkylation sites (tertiary alicyclic amines) is 1. The van der Waals surface area contributed by atoms with Crippen LogP contribution < -0.4 is 4.90 Å². The predicted octanol–water partition coefficient (Wildman–Crippen LogP) is 4.67. The van der Waals surface area contributed by atoms with E-state index in [0.29, 0.717) is 23.7 Å². The zero-order valence-corrected chi connectivity index (χ0v) is 19.9. The monoisotopic (exact) mass is 483 g/mol. The highest BCUT2D eigenvalue weighted by atomic mass is 35.5. The maximum absolute atomic E-state index is 13.2. The summed E-state index contributed by atoms with van der Waals surface area (Å²) >= 11 is 0. The Kier molecular flexibility index (Phi) is 11.1. The van der Waals surface area contributed by atoms with Crippen LogP contribution in [0, 0.1) is 12.8 Å². The molecule has 0 N–H and O–H groups in total. The third kappa shape index (κ3) is 7.81. The number of hydrogen-bond donors (Lipinski definition) is 0. The standard InChI is InChI=1S/C22H32F3N3O.2ClH/c1-17(29)16-27-10-7-19(8-11-27)6-9-26-12-14-28(15-13-26)21-5-3-4-20(18(21)2)22(23,24)25;;/h3-5,19H,6-16H2,1-2H3;2*1H. The minimum atomic E-state index is -4.30. The van der Waals surface area contributed by atoms with Crippen molar-refractivity contribution in [3.63, 3.8) is 0 Å². The molecule has 1 aromatic carbocycles. The Bertz CT molecular complexity index is 702. The molecule has 4 nitrogen and oxygen atoms in total. The van der Waals surface area contributed by atoms with Gasteiger partial charge in [0.05, 0.1) is 12.1 Å². The normalized spacial score (nSPS) is 18.9. The Morgan fingerprint density at radius 2 is 1.61 bits per heavy atom. The van der Waals surface area contributed by atoms with Crippen LogP contribution in [0.2, 0.25) is 0 Å². The second kappa shape index (κ2) is 12.3. The van der Waals surface area contributed by atoms with Crippen LogP contribution >= 0.6 is 24.8 Å². The molecule has 0 atom stereocenters. The highest BCUT2D eigenvalue weighted by Crippen LogP contribution is 2.36. The van der Waals surface area contributed by atoms with E-state index in [9.17, 15) is 18.0 Å². The number of carbonyl (C=O) groups excluding carboxylic acids is 1. The van der Waals surface area contributed by atoms with Gasteiger partial charge >= 0.3 is 6.18 Å². The van der Waals surface area contributed by atoms with Crippen LogP contribution in [-0.4, -0.2) is 67.9 Å². The van der Waals surface area contributed by atoms with Crippen LogP contribution in [0.15, 0.2) is 18.2 Å². The smallest absolute Gasteiger partial charge is 0.369 e. The summed E-state index contributed by atoms with van der Waals surface area (Å²) in [5.41, 5.74) is 0.497. The van der Waals surface area contributed by atoms with Gasteiger partial charge in [-0.15, -0.1) is 24.8 Å². The molecule has 0 aromatic heterocycles. The number of carbonyl (C=O) groups is 1. The van der Waals surface area contributed by atoms with Crippen LogP contribution in [-0.2, 0) is 11.0 Å². The number of halogens is 5. The van der Waals surface area contributed by atoms with Crippen molar-refractivity contribution in [3.05, 3.63) is 29.3 Å². The molecule has 2 heterocycles. The van der Waals surface area contributed by atoms with Crippen molar-refractivity contribution in [2.24, 2.45) is 5.92 Å². The highest BCUT2D eigenvalue weighted by Gasteiger charge is 2.33. The molecular formula is C22H34Cl2F3N3O. The molecule has 9 heteroatoms. The lowest BCUT2D eigenvalue weighted by Gasteiger charge is -2.38. The van der Waals surface area contributed by atoms with Crippen LogP contribution in [0.25, 0.3) is 0 Å². The molecule has 0 amide bonds. The second-order valence-corrected chi connectivity index (χ2v) is 8.49. The number of piperidine rings is 1. The molecule has 0 radical (unpaired) electrons. The van der Waals surface area contributed by atoms with Gasteiger partial charge in [0.15, 0.2) is 0 Å². The Morgan fingerprint density at radius 3 is 2.16 bits per heavy atom. The SMILES string of the molecule is CC(=O)CN1CCC(CCN2CCN(c3cccc(C(F)(F)F)c3C)CC2)CC1.Cl.Cl. The van der Waals surface area contributed by atoms with Crippen molar-refractivity contribution >= 4 is 36.3 Å². The predicted molar refractivity (Wildman–Crippen MR) is 124 cm³/mol. The van der Waals surface area contributed by atoms with E-state index in [0.717, 1.165) is 71.1 Å². The van der Waals surface area contributed by atoms with Crippen molar-refractivity contribution in [1.29, 1.82) is 0 Å². The van der Waals surface area contributed by atoms with Crippen molar-refractivity contribution in [3.8, 4) is 0 Å². The highest BCUT2D eigenvalue weighted by molar-refractivity contribution is 5.85. The Balaban J connectivity index is 0.00000240. The first kappa shape index (κ1) is 28.0. The van der Waals surface area contributed by atoms with Gasteiger partial charge in [-0.3, -0.25) is 14.6 Å². The molecular weight excluding hydrogens is 450 g/mol. The van der Waals surface area contributed by atoms with E-state index < -0.39 is 11.7 Å². The molecule has 0 bridgehead atoms. The van der Waals surface area contributed by atoms with Gasteiger partial charge < -0.3 is 4.90 Å². The number of Topliss-reactive ketones (excluding diaryl/α,β-unsaturated/α-hetero) is 1. The first-order chi connectivity index (χ1) is 13.7. The fourth-order valence-electron chi connectivity index (χ4n) is 4.60. The molecule has 0 saturated carbocycles. The van der Waals surface area contributed by atoms with Gasteiger partial charge in [0.1, 0.15) is 5.78 Å². The maximum atomic E-state index is 13.2. The summed E-state index contributed by atoms with van der Waals surface area (Å²) < 4.78 is 39.5. The summed E-state index contributed by atoms with van der Waals surface area (Å²) in [7, 11) is 0. The van der Waals surface area contributed by atoms with Gasteiger partial charge in [0.2, 0.25) is 0 Å². The van der Waals surface area contributed by atoms with Gasteiger partial charge in [0, 0.05) is 31.9 Å². The van der Waals surface area contributed by atoms with Crippen LogP contribution in [0.3, 0.4) is 0 Å². The summed E-state index contributed by atoms with van der Waals surface area (Å²) in [5, 5.41) is 0. The third-order valence-electron chi connectivity index (χ3n) is 6.33. The van der Waals surface area contributed by atoms with E-state index in [4.69, 9.17) is 0 Å². The summed E-state index contributed by atoms with van der Waals surface area (Å²) in [4.78, 5) is 18.0. The number of nitrogens with zero attached hydrogens (tertiary/aromatic N) is 3. The number of benzene rings is 1. The van der Waals surface area contributed by atoms with Crippen molar-refractivity contribution in [2.45, 2.75) is 39.3 Å². The van der Waals surface area contributed by atoms with Crippen LogP contribution in [0.1, 0.15) is 37.3 Å². The summed E-state index contributed by atoms with van der Waals surface area (Å²) in [6.45, 7) is 10.2. The second-order valence-electron chi connectivity index (χ2n) is 8.49. The minimum Gasteiger partial charge on any atom is -0.369 e. The van der Waals surface area contributed by atoms with Crippen LogP contribution in [0.4, 0.5) is 18.9 Å². The zero-order chi connectivity index (χ0) is 21.0. The van der Waals surface area contributed by atoms with E-state index in [1.54, 1.807) is 19.9 Å². The number of alkyl halides is 3. The lowest BCUT2D eigenvalue weighted by atomic mass is 9.93. The maximum Gasteiger partial charge on any atom is 0.416 e. The largest absolute Gasteiger partial charge is 0.416 e. The molecule has 178 valence electrons. The van der Waals surface area contributed by atoms with Gasteiger partial charge in [-0.25, -0.2) is 0 Å². The number of ketones is 1. The topological polar surface area (TPSA) is 26.8 Å². The van der Waals surface area contributed by atoms with Gasteiger partial charge in [-0.1, -0.05) is 6.07 Å². The third-order valence-corrected chi connectivity index (χ3v) is 6.33. The Labute approximate surface area is 196 Å². The molecule has 2 saturated heterocycles. The molecule has 3 rings (SSSR count). The van der Waals surface area contributed by atoms with E-state index >= 15 is 0 Å². The van der Waals surface area contributed by atoms with E-state index in [1.165, 1.54) is 6.07 Å². The van der Waals surface area contributed by atoms with Crippen LogP contribution in [0.5, 0.6) is 0 Å². The van der Waals surface area contributed by atoms with Gasteiger partial charge in [-0.2, -0.15) is 13.2 Å². The van der Waals surface area contributed by atoms with Crippen molar-refractivity contribution < 1.29 is 18.0 Å². The first-order valence-corrected chi connectivity index (χ1v) is 10.6. The van der Waals surface area contributed by atoms with Gasteiger partial charge in [0.25, 0.3) is 0 Å². The molecule has 0 unspecified atom stereocenters. The summed E-state index contributed by atoms with van der Waals surface area (Å²) in [6, 6.07) is 4.47. The fourth-order valence-corrected chi connectivity index (χ4v) is 4.60. The number of rotatable bonds is 6. The summed E-state index contributed by atoms with van der Waals surface area (Å²) in [6.07, 6.45) is -0.842. The lowest BCUT2D eigenvalue weighted by molar-refractivity contribution is -0.138. The van der Waals surface area contributed by atoms with E-state index in [-0.39, 0.29) is 30.6 Å². The zero-order valence-electron chi connectivity index (χ0n) is 18.3. The molecule has 2 aliphatic heterocycles. The summed E-state index contributed by atoms with van der Waals surface area (Å²) in [5.74, 6) is 0.944. The molecule has 0 spiro atoms. The fraction of sp³-hybridized carbons (Fsp3) is 0.682. The average molecular weight is 484 g/mol. The minimum absolute atomic E-state index is 0. The number of piperazine rings is 1. The molecule has 0 aliphatic carbocycles. The van der Waals surface area contributed by atoms with E-state index in [2.05, 4.69) is 14.7 Å².